The van der Waals surface area contributed by atoms with Gasteiger partial charge in [0.15, 0.2) is 6.29 Å². The molecule has 1 aliphatic rings. The zero-order valence-corrected chi connectivity index (χ0v) is 49.6. The van der Waals surface area contributed by atoms with Crippen molar-refractivity contribution in [1.29, 1.82) is 0 Å². The van der Waals surface area contributed by atoms with Crippen LogP contribution in [-0.2, 0) is 14.3 Å². The molecule has 0 radical (unpaired) electrons. The molecule has 7 unspecified atom stereocenters. The standard InChI is InChI=1S/C66H127NO8/c1-3-5-7-9-11-13-15-17-19-21-23-25-27-28-29-30-31-32-34-36-38-40-42-44-46-48-50-52-54-56-62(70)67-59(58-74-66-65(73)64(72)63(71)61(57-68)75-66)60(69)55-53-51-49-47-45-43-41-39-37-35-33-26-24-22-20-18-16-14-12-10-8-6-4-2/h21,23,53,55,59-61,63-66,68-69,71-73H,3-20,22,24-52,54,56-58H2,1-2H3,(H,67,70)/b23-21-,55-53+. The van der Waals surface area contributed by atoms with Crippen LogP contribution in [0.15, 0.2) is 24.3 Å². The van der Waals surface area contributed by atoms with Crippen molar-refractivity contribution in [2.45, 2.75) is 378 Å². The number of ether oxygens (including phenoxy) is 2. The molecule has 0 aromatic rings. The van der Waals surface area contributed by atoms with Crippen LogP contribution in [0.4, 0.5) is 0 Å². The van der Waals surface area contributed by atoms with Gasteiger partial charge in [-0.25, -0.2) is 0 Å². The van der Waals surface area contributed by atoms with Crippen LogP contribution < -0.4 is 5.32 Å². The number of carbonyl (C=O) groups is 1. The van der Waals surface area contributed by atoms with Crippen molar-refractivity contribution in [1.82, 2.24) is 5.32 Å². The molecule has 6 N–H and O–H groups in total. The van der Waals surface area contributed by atoms with Gasteiger partial charge < -0.3 is 40.3 Å². The second-order valence-electron chi connectivity index (χ2n) is 23.3. The maximum absolute atomic E-state index is 13.1. The summed E-state index contributed by atoms with van der Waals surface area (Å²) in [6.45, 7) is 3.83. The fourth-order valence-corrected chi connectivity index (χ4v) is 10.8. The van der Waals surface area contributed by atoms with Crippen LogP contribution in [0.2, 0.25) is 0 Å². The van der Waals surface area contributed by atoms with Crippen LogP contribution >= 0.6 is 0 Å². The average Bonchev–Trinajstić information content (AvgIpc) is 3.41. The summed E-state index contributed by atoms with van der Waals surface area (Å²) in [5, 5.41) is 54.7. The van der Waals surface area contributed by atoms with Gasteiger partial charge in [-0.2, -0.15) is 0 Å². The molecule has 75 heavy (non-hydrogen) atoms. The van der Waals surface area contributed by atoms with Crippen molar-refractivity contribution in [2.75, 3.05) is 13.2 Å². The maximum atomic E-state index is 13.1. The van der Waals surface area contributed by atoms with E-state index in [0.717, 1.165) is 38.5 Å². The Morgan fingerprint density at radius 1 is 0.440 bits per heavy atom. The Hall–Kier alpha value is -1.33. The number of allylic oxidation sites excluding steroid dienone is 3. The highest BCUT2D eigenvalue weighted by Gasteiger charge is 2.44. The Kier molecular flexibility index (Phi) is 53.5. The minimum atomic E-state index is -1.57. The number of rotatable bonds is 58. The predicted octanol–water partition coefficient (Wildman–Crippen LogP) is 17.3. The van der Waals surface area contributed by atoms with Crippen molar-refractivity contribution in [3.63, 3.8) is 0 Å². The molecule has 1 saturated heterocycles. The van der Waals surface area contributed by atoms with Gasteiger partial charge in [0.05, 0.1) is 25.4 Å². The Labute approximate surface area is 464 Å². The summed E-state index contributed by atoms with van der Waals surface area (Å²) in [5.74, 6) is -0.170. The second-order valence-corrected chi connectivity index (χ2v) is 23.3. The van der Waals surface area contributed by atoms with Crippen LogP contribution in [0.25, 0.3) is 0 Å². The lowest BCUT2D eigenvalue weighted by Gasteiger charge is -2.40. The van der Waals surface area contributed by atoms with Crippen LogP contribution in [-0.4, -0.2) is 87.5 Å². The minimum absolute atomic E-state index is 0.170. The lowest BCUT2D eigenvalue weighted by molar-refractivity contribution is -0.302. The van der Waals surface area contributed by atoms with Crippen LogP contribution in [0.1, 0.15) is 335 Å². The molecule has 0 saturated carbocycles. The molecule has 0 spiro atoms. The van der Waals surface area contributed by atoms with Gasteiger partial charge in [-0.15, -0.1) is 0 Å². The van der Waals surface area contributed by atoms with E-state index in [9.17, 15) is 30.3 Å². The molecule has 0 aliphatic carbocycles. The first-order chi connectivity index (χ1) is 36.8. The molecule has 0 aromatic heterocycles. The van der Waals surface area contributed by atoms with E-state index in [2.05, 4.69) is 31.3 Å². The first-order valence-electron chi connectivity index (χ1n) is 33.1. The largest absolute Gasteiger partial charge is 0.394 e. The monoisotopic (exact) mass is 1060 g/mol. The summed E-state index contributed by atoms with van der Waals surface area (Å²) in [7, 11) is 0. The lowest BCUT2D eigenvalue weighted by Crippen LogP contribution is -2.60. The summed E-state index contributed by atoms with van der Waals surface area (Å²) in [4.78, 5) is 13.1. The number of hydrogen-bond donors (Lipinski definition) is 6. The van der Waals surface area contributed by atoms with Crippen molar-refractivity contribution < 1.29 is 39.8 Å². The van der Waals surface area contributed by atoms with E-state index in [4.69, 9.17) is 9.47 Å². The predicted molar refractivity (Wildman–Crippen MR) is 318 cm³/mol. The van der Waals surface area contributed by atoms with E-state index in [0.29, 0.717) is 6.42 Å². The lowest BCUT2D eigenvalue weighted by atomic mass is 9.99. The smallest absolute Gasteiger partial charge is 0.220 e. The van der Waals surface area contributed by atoms with Crippen molar-refractivity contribution >= 4 is 5.91 Å². The third kappa shape index (κ3) is 45.1. The summed E-state index contributed by atoms with van der Waals surface area (Å²) in [6.07, 6.45) is 65.5. The van der Waals surface area contributed by atoms with Gasteiger partial charge in [0.2, 0.25) is 5.91 Å². The summed E-state index contributed by atoms with van der Waals surface area (Å²) in [5.41, 5.74) is 0. The maximum Gasteiger partial charge on any atom is 0.220 e. The van der Waals surface area contributed by atoms with Gasteiger partial charge in [-0.3, -0.25) is 4.79 Å². The number of unbranched alkanes of at least 4 members (excludes halogenated alkanes) is 46. The second kappa shape index (κ2) is 56.0. The summed E-state index contributed by atoms with van der Waals surface area (Å²) >= 11 is 0. The third-order valence-electron chi connectivity index (χ3n) is 16.0. The fraction of sp³-hybridized carbons (Fsp3) is 0.924. The molecule has 1 heterocycles. The van der Waals surface area contributed by atoms with Gasteiger partial charge in [0.25, 0.3) is 0 Å². The quantitative estimate of drug-likeness (QED) is 0.0261. The third-order valence-corrected chi connectivity index (χ3v) is 16.0. The van der Waals surface area contributed by atoms with E-state index >= 15 is 0 Å². The highest BCUT2D eigenvalue weighted by Crippen LogP contribution is 2.23. The van der Waals surface area contributed by atoms with Gasteiger partial charge in [0, 0.05) is 6.42 Å². The van der Waals surface area contributed by atoms with Crippen molar-refractivity contribution in [2.24, 2.45) is 0 Å². The zero-order valence-electron chi connectivity index (χ0n) is 49.6. The van der Waals surface area contributed by atoms with Crippen molar-refractivity contribution in [3.8, 4) is 0 Å². The van der Waals surface area contributed by atoms with E-state index in [1.165, 1.54) is 276 Å². The molecule has 1 aliphatic heterocycles. The Balaban J connectivity index is 2.15. The fourth-order valence-electron chi connectivity index (χ4n) is 10.8. The number of aliphatic hydroxyl groups excluding tert-OH is 5. The molecule has 1 fully saturated rings. The minimum Gasteiger partial charge on any atom is -0.394 e. The van der Waals surface area contributed by atoms with Crippen LogP contribution in [0.3, 0.4) is 0 Å². The number of amides is 1. The van der Waals surface area contributed by atoms with Gasteiger partial charge in [0.1, 0.15) is 24.4 Å². The Morgan fingerprint density at radius 3 is 1.08 bits per heavy atom. The molecule has 9 heteroatoms. The normalized spacial score (nSPS) is 18.9. The molecule has 9 nitrogen and oxygen atoms in total. The van der Waals surface area contributed by atoms with Gasteiger partial charge in [-0.05, 0) is 44.9 Å². The Morgan fingerprint density at radius 2 is 0.747 bits per heavy atom. The van der Waals surface area contributed by atoms with Crippen LogP contribution in [0.5, 0.6) is 0 Å². The molecule has 1 amide bonds. The zero-order chi connectivity index (χ0) is 54.3. The summed E-state index contributed by atoms with van der Waals surface area (Å²) in [6, 6.07) is -0.803. The van der Waals surface area contributed by atoms with E-state index in [1.807, 2.05) is 6.08 Å². The molecule has 7 atom stereocenters. The van der Waals surface area contributed by atoms with E-state index in [-0.39, 0.29) is 12.5 Å². The molecule has 0 aromatic carbocycles. The highest BCUT2D eigenvalue weighted by atomic mass is 16.7. The number of aliphatic hydroxyl groups is 5. The molecular weight excluding hydrogens is 935 g/mol. The SMILES string of the molecule is CCCCCCCCCC/C=C\CCCCCCCCCCCCCCCCCCCC(=O)NC(COC1OC(CO)C(O)C(O)C1O)C(O)/C=C/CCCCCCCCCCCCCCCCCCCCCCC. The molecule has 0 bridgehead atoms. The summed E-state index contributed by atoms with van der Waals surface area (Å²) < 4.78 is 11.3. The number of nitrogens with one attached hydrogen (secondary N) is 1. The number of carbonyl (C=O) groups excluding carboxylic acids is 1. The average molecular weight is 1060 g/mol. The topological polar surface area (TPSA) is 149 Å². The van der Waals surface area contributed by atoms with Crippen molar-refractivity contribution in [3.05, 3.63) is 24.3 Å². The first-order valence-corrected chi connectivity index (χ1v) is 33.1. The van der Waals surface area contributed by atoms with E-state index in [1.54, 1.807) is 6.08 Å². The molecule has 444 valence electrons. The van der Waals surface area contributed by atoms with Crippen LogP contribution in [0, 0.1) is 0 Å². The van der Waals surface area contributed by atoms with Gasteiger partial charge >= 0.3 is 0 Å². The molecular formula is C66H127NO8. The molecule has 1 rings (SSSR count). The Bertz CT molecular complexity index is 1230. The first kappa shape index (κ1) is 71.7. The number of hydrogen-bond acceptors (Lipinski definition) is 8. The van der Waals surface area contributed by atoms with E-state index < -0.39 is 49.5 Å². The highest BCUT2D eigenvalue weighted by molar-refractivity contribution is 5.76. The van der Waals surface area contributed by atoms with Gasteiger partial charge in [-0.1, -0.05) is 308 Å².